The van der Waals surface area contributed by atoms with E-state index in [0.717, 1.165) is 20.4 Å². The molecule has 0 radical (unpaired) electrons. The van der Waals surface area contributed by atoms with Crippen LogP contribution in [-0.4, -0.2) is 39.3 Å². The maximum absolute atomic E-state index is 13.7. The Morgan fingerprint density at radius 3 is 2.49 bits per heavy atom. The highest BCUT2D eigenvalue weighted by Crippen LogP contribution is 2.35. The number of nitrogens with one attached hydrogen (secondary N) is 1. The summed E-state index contributed by atoms with van der Waals surface area (Å²) in [5.74, 6) is 1.37. The molecule has 6 rings (SSSR count). The van der Waals surface area contributed by atoms with Crippen molar-refractivity contribution in [1.82, 2.24) is 14.8 Å². The van der Waals surface area contributed by atoms with Gasteiger partial charge in [-0.25, -0.2) is 0 Å². The Balaban J connectivity index is 1.40. The molecule has 0 saturated carbocycles. The topological polar surface area (TPSA) is 98.5 Å². The number of aryl methyl sites for hydroxylation is 1. The molecule has 1 aromatic heterocycles. The molecule has 0 unspecified atom stereocenters. The molecule has 0 fully saturated rings. The first kappa shape index (κ1) is 28.8. The molecule has 1 N–H and O–H groups in total. The van der Waals surface area contributed by atoms with Gasteiger partial charge >= 0.3 is 0 Å². The molecular weight excluding hydrogens is 677 g/mol. The van der Waals surface area contributed by atoms with E-state index < -0.39 is 6.04 Å². The van der Waals surface area contributed by atoms with Crippen LogP contribution < -0.4 is 10.1 Å². The molecule has 0 bridgehead atoms. The van der Waals surface area contributed by atoms with E-state index in [1.807, 2.05) is 66.1 Å². The van der Waals surface area contributed by atoms with E-state index in [-0.39, 0.29) is 18.1 Å². The summed E-state index contributed by atoms with van der Waals surface area (Å²) in [6, 6.07) is 26.8. The first-order valence-corrected chi connectivity index (χ1v) is 14.9. The second-order valence-electron chi connectivity index (χ2n) is 9.96. The van der Waals surface area contributed by atoms with Crippen LogP contribution in [0.2, 0.25) is 5.02 Å². The van der Waals surface area contributed by atoms with Crippen LogP contribution in [0.5, 0.6) is 5.75 Å². The highest BCUT2D eigenvalue weighted by atomic mass is 127. The molecular formula is C33H25ClIN5O3. The predicted octanol–water partition coefficient (Wildman–Crippen LogP) is 6.99. The molecule has 5 aromatic rings. The van der Waals surface area contributed by atoms with Crippen molar-refractivity contribution >= 4 is 57.3 Å². The van der Waals surface area contributed by atoms with Crippen LogP contribution in [0.1, 0.15) is 51.2 Å². The average molecular weight is 702 g/mol. The fraction of sp³-hybridized carbons (Fsp3) is 0.121. The number of ketones is 1. The van der Waals surface area contributed by atoms with Gasteiger partial charge in [0.25, 0.3) is 0 Å². The number of methoxy groups -OCH3 is 1. The van der Waals surface area contributed by atoms with Gasteiger partial charge in [0, 0.05) is 30.8 Å². The standard InChI is InChI=1S/C33H25ClIN5O3/c1-19-38-39-33-28(18-30(41)36-27-14-12-23(35)16-25(27)32(42)21-6-4-3-5-7-21)37-31(20-8-10-22(34)11-9-20)26-17-24(43-2)13-15-29(26)40(19)33/h3-17,28H,18H2,1-2H3,(H,36,41)/t28-/m0/s1. The summed E-state index contributed by atoms with van der Waals surface area (Å²) in [4.78, 5) is 32.2. The largest absolute Gasteiger partial charge is 0.497 e. The third-order valence-electron chi connectivity index (χ3n) is 7.17. The van der Waals surface area contributed by atoms with Crippen molar-refractivity contribution in [2.24, 2.45) is 4.99 Å². The second-order valence-corrected chi connectivity index (χ2v) is 11.6. The monoisotopic (exact) mass is 701 g/mol. The molecule has 0 aliphatic carbocycles. The van der Waals surface area contributed by atoms with Gasteiger partial charge in [-0.1, -0.05) is 54.1 Å². The fourth-order valence-electron chi connectivity index (χ4n) is 5.11. The molecule has 43 heavy (non-hydrogen) atoms. The van der Waals surface area contributed by atoms with E-state index in [1.165, 1.54) is 0 Å². The quantitative estimate of drug-likeness (QED) is 0.146. The molecule has 1 aliphatic rings. The number of aromatic nitrogens is 3. The SMILES string of the molecule is COc1ccc2c(c1)C(c1ccc(Cl)cc1)=N[C@@H](CC(=O)Nc1ccc(I)cc1C(=O)c1ccccc1)c1nnc(C)n1-2. The summed E-state index contributed by atoms with van der Waals surface area (Å²) in [5.41, 5.74) is 4.51. The number of rotatable bonds is 7. The van der Waals surface area contributed by atoms with Crippen LogP contribution >= 0.6 is 34.2 Å². The number of fused-ring (bicyclic) bond motifs is 3. The van der Waals surface area contributed by atoms with Gasteiger partial charge in [0.2, 0.25) is 5.91 Å². The van der Waals surface area contributed by atoms with E-state index in [0.29, 0.717) is 44.9 Å². The number of halogens is 2. The summed E-state index contributed by atoms with van der Waals surface area (Å²) in [7, 11) is 1.61. The maximum atomic E-state index is 13.7. The summed E-state index contributed by atoms with van der Waals surface area (Å²) < 4.78 is 8.35. The lowest BCUT2D eigenvalue weighted by atomic mass is 10.00. The van der Waals surface area contributed by atoms with Gasteiger partial charge in [-0.2, -0.15) is 0 Å². The van der Waals surface area contributed by atoms with Crippen LogP contribution in [0.3, 0.4) is 0 Å². The Morgan fingerprint density at radius 1 is 0.977 bits per heavy atom. The van der Waals surface area contributed by atoms with Crippen LogP contribution in [-0.2, 0) is 4.79 Å². The van der Waals surface area contributed by atoms with Crippen LogP contribution in [0.4, 0.5) is 5.69 Å². The minimum absolute atomic E-state index is 0.0364. The van der Waals surface area contributed by atoms with Crippen molar-refractivity contribution in [3.05, 3.63) is 133 Å². The fourth-order valence-corrected chi connectivity index (χ4v) is 5.73. The maximum Gasteiger partial charge on any atom is 0.227 e. The smallest absolute Gasteiger partial charge is 0.227 e. The zero-order valence-corrected chi connectivity index (χ0v) is 26.1. The normalized spacial score (nSPS) is 13.8. The van der Waals surface area contributed by atoms with Gasteiger partial charge in [-0.3, -0.25) is 19.1 Å². The number of benzene rings is 4. The zero-order valence-electron chi connectivity index (χ0n) is 23.2. The van der Waals surface area contributed by atoms with Crippen LogP contribution in [0, 0.1) is 10.5 Å². The molecule has 1 amide bonds. The first-order chi connectivity index (χ1) is 20.8. The predicted molar refractivity (Wildman–Crippen MR) is 175 cm³/mol. The Hall–Kier alpha value is -4.35. The number of hydrogen-bond acceptors (Lipinski definition) is 6. The second kappa shape index (κ2) is 12.1. The molecule has 8 nitrogen and oxygen atoms in total. The zero-order chi connectivity index (χ0) is 30.1. The Bertz CT molecular complexity index is 1890. The van der Waals surface area contributed by atoms with Gasteiger partial charge < -0.3 is 10.1 Å². The number of aliphatic imine (C=N–C) groups is 1. The van der Waals surface area contributed by atoms with Gasteiger partial charge in [-0.15, -0.1) is 10.2 Å². The van der Waals surface area contributed by atoms with E-state index in [2.05, 4.69) is 38.1 Å². The van der Waals surface area contributed by atoms with Crippen LogP contribution in [0.25, 0.3) is 5.69 Å². The molecule has 214 valence electrons. The Labute approximate surface area is 266 Å². The average Bonchev–Trinajstić information content (AvgIpc) is 3.35. The van der Waals surface area contributed by atoms with Gasteiger partial charge in [0.05, 0.1) is 30.6 Å². The number of hydrogen-bond donors (Lipinski definition) is 1. The highest BCUT2D eigenvalue weighted by molar-refractivity contribution is 14.1. The first-order valence-electron chi connectivity index (χ1n) is 13.5. The molecule has 1 aliphatic heterocycles. The van der Waals surface area contributed by atoms with Gasteiger partial charge in [0.15, 0.2) is 11.6 Å². The van der Waals surface area contributed by atoms with E-state index in [4.69, 9.17) is 21.3 Å². The van der Waals surface area contributed by atoms with Crippen molar-refractivity contribution in [2.75, 3.05) is 12.4 Å². The van der Waals surface area contributed by atoms with Gasteiger partial charge in [-0.05, 0) is 78.0 Å². The third kappa shape index (κ3) is 5.82. The Morgan fingerprint density at radius 2 is 1.74 bits per heavy atom. The minimum Gasteiger partial charge on any atom is -0.497 e. The van der Waals surface area contributed by atoms with Crippen molar-refractivity contribution in [3.63, 3.8) is 0 Å². The molecule has 4 aromatic carbocycles. The van der Waals surface area contributed by atoms with Crippen molar-refractivity contribution in [3.8, 4) is 11.4 Å². The number of amides is 1. The lowest BCUT2D eigenvalue weighted by Gasteiger charge is -2.15. The number of anilines is 1. The van der Waals surface area contributed by atoms with Crippen molar-refractivity contribution < 1.29 is 14.3 Å². The van der Waals surface area contributed by atoms with Crippen LogP contribution in [0.15, 0.2) is 96.0 Å². The minimum atomic E-state index is -0.678. The number of nitrogens with zero attached hydrogens (tertiary/aromatic N) is 4. The molecule has 0 spiro atoms. The summed E-state index contributed by atoms with van der Waals surface area (Å²) >= 11 is 8.36. The van der Waals surface area contributed by atoms with E-state index >= 15 is 0 Å². The number of carbonyl (C=O) groups excluding carboxylic acids is 2. The number of carbonyl (C=O) groups is 2. The lowest BCUT2D eigenvalue weighted by molar-refractivity contribution is -0.116. The molecule has 10 heteroatoms. The molecule has 2 heterocycles. The summed E-state index contributed by atoms with van der Waals surface area (Å²) in [6.45, 7) is 1.86. The summed E-state index contributed by atoms with van der Waals surface area (Å²) in [5, 5.41) is 12.4. The highest BCUT2D eigenvalue weighted by Gasteiger charge is 2.30. The van der Waals surface area contributed by atoms with E-state index in [9.17, 15) is 9.59 Å². The third-order valence-corrected chi connectivity index (χ3v) is 8.09. The Kier molecular flexibility index (Phi) is 8.09. The van der Waals surface area contributed by atoms with Gasteiger partial charge in [0.1, 0.15) is 17.6 Å². The lowest BCUT2D eigenvalue weighted by Crippen LogP contribution is -2.19. The van der Waals surface area contributed by atoms with Crippen molar-refractivity contribution in [1.29, 1.82) is 0 Å². The van der Waals surface area contributed by atoms with E-state index in [1.54, 1.807) is 43.5 Å². The number of ether oxygens (including phenoxy) is 1. The van der Waals surface area contributed by atoms with Crippen molar-refractivity contribution in [2.45, 2.75) is 19.4 Å². The summed E-state index contributed by atoms with van der Waals surface area (Å²) in [6.07, 6.45) is -0.0364. The molecule has 0 saturated heterocycles. The molecule has 1 atom stereocenters.